The summed E-state index contributed by atoms with van der Waals surface area (Å²) in [5.74, 6) is 0.521. The van der Waals surface area contributed by atoms with Gasteiger partial charge in [-0.3, -0.25) is 0 Å². The normalized spacial score (nSPS) is 17.1. The number of rotatable bonds is 2. The first kappa shape index (κ1) is 13.5. The van der Waals surface area contributed by atoms with Crippen LogP contribution in [0, 0.1) is 12.7 Å². The number of hydrogen-bond donors (Lipinski definition) is 2. The van der Waals surface area contributed by atoms with Crippen LogP contribution in [0.15, 0.2) is 24.5 Å². The smallest absolute Gasteiger partial charge is 0.319 e. The molecule has 2 aromatic rings. The molecule has 0 saturated heterocycles. The summed E-state index contributed by atoms with van der Waals surface area (Å²) in [6.45, 7) is 2.24. The molecule has 0 saturated carbocycles. The lowest BCUT2D eigenvalue weighted by Crippen LogP contribution is -2.43. The van der Waals surface area contributed by atoms with Crippen LogP contribution >= 0.6 is 0 Å². The second kappa shape index (κ2) is 5.51. The van der Waals surface area contributed by atoms with Gasteiger partial charge in [-0.1, -0.05) is 12.1 Å². The van der Waals surface area contributed by atoms with Gasteiger partial charge in [0, 0.05) is 6.42 Å². The van der Waals surface area contributed by atoms with Crippen molar-refractivity contribution in [2.75, 3.05) is 5.32 Å². The number of anilines is 1. The Labute approximate surface area is 121 Å². The zero-order valence-electron chi connectivity index (χ0n) is 11.6. The number of nitrogens with one attached hydrogen (secondary N) is 2. The van der Waals surface area contributed by atoms with Crippen molar-refractivity contribution >= 4 is 11.7 Å². The van der Waals surface area contributed by atoms with Gasteiger partial charge >= 0.3 is 6.03 Å². The van der Waals surface area contributed by atoms with Crippen LogP contribution in [0.25, 0.3) is 0 Å². The third kappa shape index (κ3) is 2.86. The van der Waals surface area contributed by atoms with E-state index in [1.54, 1.807) is 23.7 Å². The van der Waals surface area contributed by atoms with Crippen molar-refractivity contribution in [2.24, 2.45) is 0 Å². The first-order valence-electron chi connectivity index (χ1n) is 6.83. The predicted molar refractivity (Wildman–Crippen MR) is 75.4 cm³/mol. The van der Waals surface area contributed by atoms with Crippen molar-refractivity contribution < 1.29 is 9.18 Å². The Kier molecular flexibility index (Phi) is 3.55. The topological polar surface area (TPSA) is 71.8 Å². The van der Waals surface area contributed by atoms with E-state index in [9.17, 15) is 9.18 Å². The molecule has 110 valence electrons. The first-order chi connectivity index (χ1) is 10.1. The van der Waals surface area contributed by atoms with Crippen LogP contribution in [-0.4, -0.2) is 26.8 Å². The van der Waals surface area contributed by atoms with E-state index in [0.717, 1.165) is 18.7 Å². The number of fused-ring (bicyclic) bond motifs is 1. The van der Waals surface area contributed by atoms with Crippen molar-refractivity contribution in [2.45, 2.75) is 32.4 Å². The van der Waals surface area contributed by atoms with Crippen molar-refractivity contribution in [3.05, 3.63) is 41.7 Å². The molecule has 2 heterocycles. The molecule has 0 bridgehead atoms. The van der Waals surface area contributed by atoms with E-state index >= 15 is 0 Å². The van der Waals surface area contributed by atoms with E-state index in [-0.39, 0.29) is 11.7 Å². The number of aryl methyl sites for hydroxylation is 2. The maximum Gasteiger partial charge on any atom is 0.319 e. The average Bonchev–Trinajstić information content (AvgIpc) is 2.91. The molecular formula is C14H16FN5O. The van der Waals surface area contributed by atoms with Crippen LogP contribution in [0.1, 0.15) is 17.8 Å². The van der Waals surface area contributed by atoms with Crippen molar-refractivity contribution in [1.29, 1.82) is 0 Å². The number of urea groups is 1. The fourth-order valence-electron chi connectivity index (χ4n) is 2.44. The summed E-state index contributed by atoms with van der Waals surface area (Å²) < 4.78 is 15.6. The fourth-order valence-corrected chi connectivity index (χ4v) is 2.44. The SMILES string of the molecule is Cc1cccc(NC(=O)N[C@@H]2CCc3ncnn3C2)c1F. The molecule has 0 fully saturated rings. The summed E-state index contributed by atoms with van der Waals surface area (Å²) in [4.78, 5) is 16.1. The van der Waals surface area contributed by atoms with Gasteiger partial charge in [0.2, 0.25) is 0 Å². The zero-order valence-corrected chi connectivity index (χ0v) is 11.6. The van der Waals surface area contributed by atoms with E-state index < -0.39 is 11.8 Å². The Morgan fingerprint density at radius 3 is 3.19 bits per heavy atom. The number of halogens is 1. The second-order valence-electron chi connectivity index (χ2n) is 5.13. The Morgan fingerprint density at radius 1 is 1.48 bits per heavy atom. The van der Waals surface area contributed by atoms with Gasteiger partial charge in [0.1, 0.15) is 18.0 Å². The van der Waals surface area contributed by atoms with Crippen LogP contribution in [0.2, 0.25) is 0 Å². The summed E-state index contributed by atoms with van der Waals surface area (Å²) in [5, 5.41) is 9.48. The predicted octanol–water partition coefficient (Wildman–Crippen LogP) is 1.86. The molecule has 1 aliphatic heterocycles. The number of amides is 2. The Balaban J connectivity index is 1.61. The average molecular weight is 289 g/mol. The summed E-state index contributed by atoms with van der Waals surface area (Å²) in [6.07, 6.45) is 3.08. The Hall–Kier alpha value is -2.44. The van der Waals surface area contributed by atoms with Gasteiger partial charge in [-0.25, -0.2) is 18.9 Å². The summed E-state index contributed by atoms with van der Waals surface area (Å²) in [7, 11) is 0. The minimum Gasteiger partial charge on any atom is -0.333 e. The molecule has 1 aliphatic rings. The number of aromatic nitrogens is 3. The quantitative estimate of drug-likeness (QED) is 0.886. The highest BCUT2D eigenvalue weighted by atomic mass is 19.1. The molecule has 1 atom stereocenters. The summed E-state index contributed by atoms with van der Waals surface area (Å²) in [5.41, 5.74) is 0.683. The molecule has 3 rings (SSSR count). The minimum atomic E-state index is -0.409. The molecule has 0 spiro atoms. The lowest BCUT2D eigenvalue weighted by molar-refractivity contribution is 0.243. The molecule has 6 nitrogen and oxygen atoms in total. The van der Waals surface area contributed by atoms with E-state index in [0.29, 0.717) is 12.1 Å². The van der Waals surface area contributed by atoms with Gasteiger partial charge in [0.15, 0.2) is 0 Å². The highest BCUT2D eigenvalue weighted by molar-refractivity contribution is 5.89. The van der Waals surface area contributed by atoms with Crippen molar-refractivity contribution in [1.82, 2.24) is 20.1 Å². The summed E-state index contributed by atoms with van der Waals surface area (Å²) in [6, 6.07) is 4.46. The number of benzene rings is 1. The molecule has 7 heteroatoms. The van der Waals surface area contributed by atoms with Crippen LogP contribution in [-0.2, 0) is 13.0 Å². The van der Waals surface area contributed by atoms with E-state index in [4.69, 9.17) is 0 Å². The molecule has 0 radical (unpaired) electrons. The maximum atomic E-state index is 13.8. The monoisotopic (exact) mass is 289 g/mol. The molecule has 0 aliphatic carbocycles. The minimum absolute atomic E-state index is 0.0351. The maximum absolute atomic E-state index is 13.8. The van der Waals surface area contributed by atoms with Crippen LogP contribution in [0.3, 0.4) is 0 Å². The number of carbonyl (C=O) groups excluding carboxylic acids is 1. The zero-order chi connectivity index (χ0) is 14.8. The molecule has 0 unspecified atom stereocenters. The van der Waals surface area contributed by atoms with E-state index in [1.165, 1.54) is 12.4 Å². The lowest BCUT2D eigenvalue weighted by atomic mass is 10.1. The van der Waals surface area contributed by atoms with Crippen molar-refractivity contribution in [3.8, 4) is 0 Å². The second-order valence-corrected chi connectivity index (χ2v) is 5.13. The highest BCUT2D eigenvalue weighted by Crippen LogP contribution is 2.17. The van der Waals surface area contributed by atoms with Crippen LogP contribution < -0.4 is 10.6 Å². The van der Waals surface area contributed by atoms with Crippen LogP contribution in [0.5, 0.6) is 0 Å². The van der Waals surface area contributed by atoms with Gasteiger partial charge in [0.25, 0.3) is 0 Å². The largest absolute Gasteiger partial charge is 0.333 e. The number of hydrogen-bond acceptors (Lipinski definition) is 3. The lowest BCUT2D eigenvalue weighted by Gasteiger charge is -2.23. The molecule has 21 heavy (non-hydrogen) atoms. The third-order valence-corrected chi connectivity index (χ3v) is 3.58. The Bertz CT molecular complexity index is 669. The van der Waals surface area contributed by atoms with Gasteiger partial charge in [0.05, 0.1) is 18.3 Å². The molecular weight excluding hydrogens is 273 g/mol. The van der Waals surface area contributed by atoms with Gasteiger partial charge in [-0.05, 0) is 25.0 Å². The van der Waals surface area contributed by atoms with Gasteiger partial charge in [-0.2, -0.15) is 5.10 Å². The number of carbonyl (C=O) groups is 1. The third-order valence-electron chi connectivity index (χ3n) is 3.58. The molecule has 1 aromatic heterocycles. The molecule has 1 aromatic carbocycles. The highest BCUT2D eigenvalue weighted by Gasteiger charge is 2.21. The van der Waals surface area contributed by atoms with Crippen molar-refractivity contribution in [3.63, 3.8) is 0 Å². The van der Waals surface area contributed by atoms with Gasteiger partial charge in [-0.15, -0.1) is 0 Å². The van der Waals surface area contributed by atoms with E-state index in [2.05, 4.69) is 20.7 Å². The molecule has 2 N–H and O–H groups in total. The summed E-state index contributed by atoms with van der Waals surface area (Å²) >= 11 is 0. The van der Waals surface area contributed by atoms with Crippen LogP contribution in [0.4, 0.5) is 14.9 Å². The first-order valence-corrected chi connectivity index (χ1v) is 6.83. The number of nitrogens with zero attached hydrogens (tertiary/aromatic N) is 3. The Morgan fingerprint density at radius 2 is 2.33 bits per heavy atom. The fraction of sp³-hybridized carbons (Fsp3) is 0.357. The standard InChI is InChI=1S/C14H16FN5O/c1-9-3-2-4-11(13(9)15)19-14(21)18-10-5-6-12-16-8-17-20(12)7-10/h2-4,8,10H,5-7H2,1H3,(H2,18,19,21)/t10-/m1/s1. The molecule has 2 amide bonds. The van der Waals surface area contributed by atoms with E-state index in [1.807, 2.05) is 0 Å². The van der Waals surface area contributed by atoms with Gasteiger partial charge < -0.3 is 10.6 Å².